The van der Waals surface area contributed by atoms with Crippen molar-refractivity contribution in [2.24, 2.45) is 5.92 Å². The van der Waals surface area contributed by atoms with E-state index in [9.17, 15) is 19.9 Å². The highest BCUT2D eigenvalue weighted by atomic mass is 32.2. The summed E-state index contributed by atoms with van der Waals surface area (Å²) in [5.41, 5.74) is -1.75. The van der Waals surface area contributed by atoms with Crippen molar-refractivity contribution in [3.63, 3.8) is 0 Å². The Morgan fingerprint density at radius 3 is 2.63 bits per heavy atom. The third-order valence-electron chi connectivity index (χ3n) is 5.15. The number of thioether (sulfide) groups is 1. The molecule has 27 heavy (non-hydrogen) atoms. The van der Waals surface area contributed by atoms with Gasteiger partial charge in [-0.2, -0.15) is 0 Å². The van der Waals surface area contributed by atoms with Crippen molar-refractivity contribution in [2.45, 2.75) is 49.0 Å². The lowest BCUT2D eigenvalue weighted by atomic mass is 9.81. The van der Waals surface area contributed by atoms with Crippen LogP contribution in [0.5, 0.6) is 0 Å². The number of hydrogen-bond donors (Lipinski definition) is 2. The van der Waals surface area contributed by atoms with E-state index >= 15 is 0 Å². The van der Waals surface area contributed by atoms with Gasteiger partial charge >= 0.3 is 5.97 Å². The molecule has 0 heterocycles. The Balaban J connectivity index is 1.71. The van der Waals surface area contributed by atoms with Crippen molar-refractivity contribution in [3.05, 3.63) is 42.5 Å². The number of fused-ring (bicyclic) bond motifs is 1. The predicted molar refractivity (Wildman–Crippen MR) is 111 cm³/mol. The summed E-state index contributed by atoms with van der Waals surface area (Å²) in [6, 6.07) is 13.9. The number of hydrogen-bond acceptors (Lipinski definition) is 4. The molecule has 0 bridgehead atoms. The lowest BCUT2D eigenvalue weighted by Gasteiger charge is -2.27. The van der Waals surface area contributed by atoms with Gasteiger partial charge in [0.25, 0.3) is 0 Å². The monoisotopic (exact) mass is 404 g/mol. The molecule has 1 fully saturated rings. The molecule has 6 heteroatoms. The minimum atomic E-state index is -2.01. The Labute approximate surface area is 165 Å². The molecule has 0 saturated heterocycles. The topological polar surface area (TPSA) is 80.6 Å². The Morgan fingerprint density at radius 1 is 1.19 bits per heavy atom. The summed E-state index contributed by atoms with van der Waals surface area (Å²) < 4.78 is 0. The molecule has 0 spiro atoms. The van der Waals surface area contributed by atoms with Crippen LogP contribution in [0.15, 0.2) is 47.4 Å². The highest BCUT2D eigenvalue weighted by molar-refractivity contribution is 8.04. The normalized spacial score (nSPS) is 18.4. The standard InChI is InChI=1S/C21H25O4PS/c22-20(23)21(24,13-16-7-2-1-3-8-16)14-26(25)15-27-19-12-6-10-17-9-4-5-11-18(17)19/h4-6,9-12,14,16,24H,1-3,7-8,13,15H2,(H,22,23). The summed E-state index contributed by atoms with van der Waals surface area (Å²) >= 11 is 1.44. The molecule has 1 aliphatic rings. The van der Waals surface area contributed by atoms with E-state index in [1.165, 1.54) is 18.2 Å². The van der Waals surface area contributed by atoms with Gasteiger partial charge in [-0.3, -0.25) is 0 Å². The van der Waals surface area contributed by atoms with Crippen LogP contribution in [0.2, 0.25) is 0 Å². The average Bonchev–Trinajstić information content (AvgIpc) is 2.67. The number of carboxylic acids is 1. The maximum Gasteiger partial charge on any atom is 0.343 e. The van der Waals surface area contributed by atoms with Gasteiger partial charge in [0.2, 0.25) is 5.60 Å². The summed E-state index contributed by atoms with van der Waals surface area (Å²) in [5.74, 6) is 0.0500. The van der Waals surface area contributed by atoms with Crippen molar-refractivity contribution in [1.29, 1.82) is 0 Å². The number of carboxylic acid groups (broad SMARTS) is 1. The molecule has 2 aromatic carbocycles. The SMILES string of the molecule is O=C(O)C(O)(C=[P+]([O-])CSc1cccc2ccccc12)CC1CCCCC1. The second kappa shape index (κ2) is 9.20. The van der Waals surface area contributed by atoms with Crippen LogP contribution in [0.3, 0.4) is 0 Å². The van der Waals surface area contributed by atoms with Crippen LogP contribution in [0.1, 0.15) is 38.5 Å². The fourth-order valence-electron chi connectivity index (χ4n) is 3.76. The summed E-state index contributed by atoms with van der Waals surface area (Å²) in [4.78, 5) is 25.2. The maximum atomic E-state index is 12.6. The number of benzene rings is 2. The summed E-state index contributed by atoms with van der Waals surface area (Å²) in [5, 5.41) is 22.4. The van der Waals surface area contributed by atoms with Crippen LogP contribution in [0, 0.1) is 5.92 Å². The molecule has 0 radical (unpaired) electrons. The molecule has 144 valence electrons. The zero-order valence-corrected chi connectivity index (χ0v) is 16.9. The first-order valence-corrected chi connectivity index (χ1v) is 11.8. The molecule has 2 atom stereocenters. The second-order valence-corrected chi connectivity index (χ2v) is 10.1. The molecular weight excluding hydrogens is 379 g/mol. The van der Waals surface area contributed by atoms with E-state index in [1.807, 2.05) is 42.5 Å². The average molecular weight is 404 g/mol. The number of aliphatic carboxylic acids is 1. The summed E-state index contributed by atoms with van der Waals surface area (Å²) in [6.45, 7) is 0. The van der Waals surface area contributed by atoms with Gasteiger partial charge < -0.3 is 15.1 Å². The van der Waals surface area contributed by atoms with Gasteiger partial charge in [0.05, 0.1) is 7.77 Å². The summed E-state index contributed by atoms with van der Waals surface area (Å²) in [7, 11) is -1.95. The quantitative estimate of drug-likeness (QED) is 0.533. The Bertz CT molecular complexity index is 827. The minimum Gasteiger partial charge on any atom is -0.630 e. The van der Waals surface area contributed by atoms with Gasteiger partial charge in [-0.05, 0) is 29.2 Å². The van der Waals surface area contributed by atoms with Gasteiger partial charge in [-0.1, -0.05) is 80.3 Å². The van der Waals surface area contributed by atoms with E-state index in [4.69, 9.17) is 0 Å². The molecule has 1 saturated carbocycles. The minimum absolute atomic E-state index is 0.155. The Morgan fingerprint density at radius 2 is 1.89 bits per heavy atom. The fourth-order valence-corrected chi connectivity index (χ4v) is 6.33. The molecule has 2 unspecified atom stereocenters. The first kappa shape index (κ1) is 20.3. The van der Waals surface area contributed by atoms with Crippen molar-refractivity contribution in [3.8, 4) is 0 Å². The number of carbonyl (C=O) groups is 1. The van der Waals surface area contributed by atoms with Gasteiger partial charge in [-0.25, -0.2) is 4.79 Å². The molecule has 4 nitrogen and oxygen atoms in total. The highest BCUT2D eigenvalue weighted by Gasteiger charge is 2.39. The molecule has 0 aliphatic heterocycles. The third-order valence-corrected chi connectivity index (χ3v) is 8.07. The highest BCUT2D eigenvalue weighted by Crippen LogP contribution is 2.35. The van der Waals surface area contributed by atoms with Crippen molar-refractivity contribution in [2.75, 3.05) is 5.49 Å². The fraction of sp³-hybridized carbons (Fsp3) is 0.429. The van der Waals surface area contributed by atoms with Gasteiger partial charge in [0.1, 0.15) is 5.80 Å². The lowest BCUT2D eigenvalue weighted by Crippen LogP contribution is -2.42. The molecule has 0 amide bonds. The second-order valence-electron chi connectivity index (χ2n) is 7.23. The van der Waals surface area contributed by atoms with Crippen molar-refractivity contribution >= 4 is 42.1 Å². The van der Waals surface area contributed by atoms with Gasteiger partial charge in [0.15, 0.2) is 5.49 Å². The molecule has 2 N–H and O–H groups in total. The zero-order valence-electron chi connectivity index (χ0n) is 15.2. The Kier molecular flexibility index (Phi) is 6.93. The zero-order chi connectivity index (χ0) is 19.3. The van der Waals surface area contributed by atoms with E-state index in [-0.39, 0.29) is 17.8 Å². The van der Waals surface area contributed by atoms with E-state index in [0.29, 0.717) is 0 Å². The smallest absolute Gasteiger partial charge is 0.343 e. The number of rotatable bonds is 7. The van der Waals surface area contributed by atoms with E-state index in [1.54, 1.807) is 0 Å². The molecule has 3 rings (SSSR count). The van der Waals surface area contributed by atoms with E-state index < -0.39 is 19.3 Å². The predicted octanol–water partition coefficient (Wildman–Crippen LogP) is 4.23. The van der Waals surface area contributed by atoms with Crippen LogP contribution in [-0.4, -0.2) is 33.1 Å². The summed E-state index contributed by atoms with van der Waals surface area (Å²) in [6.07, 6.45) is 5.34. The van der Waals surface area contributed by atoms with Crippen LogP contribution in [0.4, 0.5) is 0 Å². The van der Waals surface area contributed by atoms with Crippen molar-refractivity contribution in [1.82, 2.24) is 0 Å². The molecular formula is C21H25O4PS. The number of aliphatic hydroxyl groups is 1. The van der Waals surface area contributed by atoms with Crippen molar-refractivity contribution < 1.29 is 19.9 Å². The van der Waals surface area contributed by atoms with Crippen LogP contribution in [0.25, 0.3) is 10.8 Å². The van der Waals surface area contributed by atoms with Gasteiger partial charge in [0, 0.05) is 4.90 Å². The third kappa shape index (κ3) is 5.32. The largest absolute Gasteiger partial charge is 0.630 e. The van der Waals surface area contributed by atoms with Crippen LogP contribution in [-0.2, 0) is 4.79 Å². The van der Waals surface area contributed by atoms with E-state index in [0.717, 1.165) is 47.1 Å². The first-order chi connectivity index (χ1) is 13.0. The van der Waals surface area contributed by atoms with Crippen LogP contribution < -0.4 is 4.89 Å². The Hall–Kier alpha value is -1.39. The maximum absolute atomic E-state index is 12.6. The molecule has 0 aromatic heterocycles. The first-order valence-electron chi connectivity index (χ1n) is 9.34. The lowest BCUT2D eigenvalue weighted by molar-refractivity contribution is -0.156. The van der Waals surface area contributed by atoms with Gasteiger partial charge in [-0.15, -0.1) is 0 Å². The van der Waals surface area contributed by atoms with Crippen LogP contribution >= 0.6 is 19.5 Å². The van der Waals surface area contributed by atoms with E-state index in [2.05, 4.69) is 0 Å². The molecule has 1 aliphatic carbocycles. The molecule has 2 aromatic rings.